The summed E-state index contributed by atoms with van der Waals surface area (Å²) in [6.45, 7) is 6.33. The molecule has 0 radical (unpaired) electrons. The van der Waals surface area contributed by atoms with Gasteiger partial charge in [0, 0.05) is 52.3 Å². The molecule has 3 aliphatic rings. The van der Waals surface area contributed by atoms with Gasteiger partial charge in [0.2, 0.25) is 11.8 Å². The van der Waals surface area contributed by atoms with Crippen LogP contribution in [-0.4, -0.2) is 130 Å². The third kappa shape index (κ3) is 14.6. The molecule has 51 heavy (non-hydrogen) atoms. The molecule has 0 aromatic carbocycles. The summed E-state index contributed by atoms with van der Waals surface area (Å²) in [5.41, 5.74) is -0.697. The molecule has 18 nitrogen and oxygen atoms in total. The molecule has 6 amide bonds. The van der Waals surface area contributed by atoms with E-state index < -0.39 is 77.7 Å². The molecular weight excluding hydrogens is 672 g/mol. The Hall–Kier alpha value is -4.03. The van der Waals surface area contributed by atoms with Gasteiger partial charge in [-0.1, -0.05) is 0 Å². The molecule has 3 saturated heterocycles. The Morgan fingerprint density at radius 3 is 1.33 bits per heavy atom. The fraction of sp³-hybridized carbons (Fsp3) is 0.788. The van der Waals surface area contributed by atoms with Gasteiger partial charge in [0.05, 0.1) is 31.7 Å². The van der Waals surface area contributed by atoms with Gasteiger partial charge in [0.15, 0.2) is 18.3 Å². The molecule has 0 spiro atoms. The minimum Gasteiger partial charge on any atom is -0.469 e. The van der Waals surface area contributed by atoms with Crippen molar-refractivity contribution >= 4 is 41.6 Å². The molecule has 6 N–H and O–H groups in total. The van der Waals surface area contributed by atoms with Crippen molar-refractivity contribution in [2.75, 3.05) is 46.6 Å². The molecule has 0 aliphatic carbocycles. The van der Waals surface area contributed by atoms with Gasteiger partial charge in [-0.15, -0.1) is 0 Å². The normalized spacial score (nSPS) is 24.9. The second-order valence-corrected chi connectivity index (χ2v) is 13.6. The number of hydrogen-bond acceptors (Lipinski definition) is 12. The number of rotatable bonds is 15. The van der Waals surface area contributed by atoms with E-state index in [-0.39, 0.29) is 44.8 Å². The number of amides is 6. The number of carbonyl (C=O) groups excluding carboxylic acids is 7. The summed E-state index contributed by atoms with van der Waals surface area (Å²) in [6.07, 6.45) is -0.109. The van der Waals surface area contributed by atoms with Crippen molar-refractivity contribution < 1.29 is 57.2 Å². The molecule has 3 fully saturated rings. The third-order valence-corrected chi connectivity index (χ3v) is 8.30. The smallest absolute Gasteiger partial charge is 0.407 e. The van der Waals surface area contributed by atoms with Gasteiger partial charge < -0.3 is 55.6 Å². The van der Waals surface area contributed by atoms with Gasteiger partial charge in [-0.2, -0.15) is 0 Å². The van der Waals surface area contributed by atoms with Gasteiger partial charge in [-0.05, 0) is 59.3 Å². The molecule has 0 unspecified atom stereocenters. The third-order valence-electron chi connectivity index (χ3n) is 8.30. The van der Waals surface area contributed by atoms with Crippen LogP contribution < -0.4 is 31.9 Å². The highest BCUT2D eigenvalue weighted by molar-refractivity contribution is 5.86. The lowest BCUT2D eigenvalue weighted by Crippen LogP contribution is -2.56. The number of hydrogen-bond donors (Lipinski definition) is 6. The van der Waals surface area contributed by atoms with Crippen molar-refractivity contribution in [3.8, 4) is 0 Å². The van der Waals surface area contributed by atoms with E-state index in [1.54, 1.807) is 20.8 Å². The second-order valence-electron chi connectivity index (χ2n) is 13.6. The zero-order valence-corrected chi connectivity index (χ0v) is 30.0. The highest BCUT2D eigenvalue weighted by Crippen LogP contribution is 2.18. The maximum atomic E-state index is 13.0. The average Bonchev–Trinajstić information content (AvgIpc) is 3.07. The van der Waals surface area contributed by atoms with Crippen LogP contribution in [0.3, 0.4) is 0 Å². The van der Waals surface area contributed by atoms with Crippen LogP contribution in [-0.2, 0) is 52.5 Å². The standard InChI is InChI=1S/C33H54N6O12/c1-33(2,3)51-32(46)39-22-10-7-19-50-28(22)31(45)35-15-12-24(41)37-20-8-5-17-48-26(20)29(43)34-14-11-23(40)38-21-9-6-18-49-27(21)30(44)36-16-13-25(42)47-4/h20-22,26-28H,5-19H2,1-4H3,(H,34,43)(H,35,45)(H,36,44)(H,37,41)(H,38,40)(H,39,46)/t20-,21-,22-,26-,27-,28-/m0/s1. The fourth-order valence-electron chi connectivity index (χ4n) is 5.87. The molecule has 3 heterocycles. The van der Waals surface area contributed by atoms with Crippen LogP contribution in [0.5, 0.6) is 0 Å². The first-order valence-electron chi connectivity index (χ1n) is 17.6. The first-order valence-corrected chi connectivity index (χ1v) is 17.6. The summed E-state index contributed by atoms with van der Waals surface area (Å²) in [5, 5.41) is 16.3. The summed E-state index contributed by atoms with van der Waals surface area (Å²) >= 11 is 0. The van der Waals surface area contributed by atoms with Crippen LogP contribution >= 0.6 is 0 Å². The SMILES string of the molecule is COC(=O)CCNC(=O)[C@H]1OCCC[C@@H]1NC(=O)CCNC(=O)[C@H]1OCCC[C@@H]1NC(=O)CCNC(=O)[C@H]1OCCC[C@@H]1NC(=O)OC(C)(C)C. The molecule has 0 aromatic rings. The quantitative estimate of drug-likeness (QED) is 0.112. The monoisotopic (exact) mass is 726 g/mol. The lowest BCUT2D eigenvalue weighted by atomic mass is 10.0. The van der Waals surface area contributed by atoms with Crippen LogP contribution in [0.1, 0.15) is 78.6 Å². The van der Waals surface area contributed by atoms with Crippen molar-refractivity contribution in [1.82, 2.24) is 31.9 Å². The topological polar surface area (TPSA) is 238 Å². The zero-order valence-electron chi connectivity index (χ0n) is 30.0. The number of esters is 1. The largest absolute Gasteiger partial charge is 0.469 e. The van der Waals surface area contributed by atoms with Gasteiger partial charge in [-0.25, -0.2) is 4.79 Å². The zero-order chi connectivity index (χ0) is 37.4. The minimum absolute atomic E-state index is 0.00524. The Morgan fingerprint density at radius 2 is 0.961 bits per heavy atom. The Morgan fingerprint density at radius 1 is 0.588 bits per heavy atom. The Kier molecular flexibility index (Phi) is 16.8. The summed E-state index contributed by atoms with van der Waals surface area (Å²) in [4.78, 5) is 87.5. The molecule has 18 heteroatoms. The number of nitrogens with one attached hydrogen (secondary N) is 6. The molecule has 6 atom stereocenters. The van der Waals surface area contributed by atoms with Crippen molar-refractivity contribution in [3.63, 3.8) is 0 Å². The average molecular weight is 727 g/mol. The highest BCUT2D eigenvalue weighted by Gasteiger charge is 2.36. The lowest BCUT2D eigenvalue weighted by Gasteiger charge is -2.32. The van der Waals surface area contributed by atoms with Crippen molar-refractivity contribution in [3.05, 3.63) is 0 Å². The second kappa shape index (κ2) is 20.7. The van der Waals surface area contributed by atoms with Crippen LogP contribution in [0.25, 0.3) is 0 Å². The predicted molar refractivity (Wildman–Crippen MR) is 179 cm³/mol. The number of alkyl carbamates (subject to hydrolysis) is 1. The molecular formula is C33H54N6O12. The van der Waals surface area contributed by atoms with Crippen molar-refractivity contribution in [2.24, 2.45) is 0 Å². The maximum Gasteiger partial charge on any atom is 0.407 e. The van der Waals surface area contributed by atoms with E-state index >= 15 is 0 Å². The van der Waals surface area contributed by atoms with E-state index in [0.717, 1.165) is 0 Å². The number of ether oxygens (including phenoxy) is 5. The predicted octanol–water partition coefficient (Wildman–Crippen LogP) is -0.922. The van der Waals surface area contributed by atoms with E-state index in [1.807, 2.05) is 0 Å². The number of methoxy groups -OCH3 is 1. The maximum absolute atomic E-state index is 13.0. The molecule has 0 aromatic heterocycles. The summed E-state index contributed by atoms with van der Waals surface area (Å²) in [6, 6.07) is -1.77. The van der Waals surface area contributed by atoms with E-state index in [2.05, 4.69) is 36.6 Å². The molecule has 288 valence electrons. The van der Waals surface area contributed by atoms with Crippen molar-refractivity contribution in [2.45, 2.75) is 121 Å². The van der Waals surface area contributed by atoms with E-state index in [4.69, 9.17) is 18.9 Å². The van der Waals surface area contributed by atoms with Crippen molar-refractivity contribution in [1.29, 1.82) is 0 Å². The first kappa shape index (κ1) is 41.4. The Bertz CT molecular complexity index is 1230. The first-order chi connectivity index (χ1) is 24.3. The van der Waals surface area contributed by atoms with Gasteiger partial charge >= 0.3 is 12.1 Å². The van der Waals surface area contributed by atoms with Gasteiger partial charge in [0.1, 0.15) is 5.60 Å². The number of carbonyl (C=O) groups is 7. The van der Waals surface area contributed by atoms with Gasteiger partial charge in [0.25, 0.3) is 17.7 Å². The molecule has 0 saturated carbocycles. The molecule has 0 bridgehead atoms. The van der Waals surface area contributed by atoms with E-state index in [9.17, 15) is 33.6 Å². The lowest BCUT2D eigenvalue weighted by molar-refractivity contribution is -0.142. The molecule has 3 rings (SSSR count). The van der Waals surface area contributed by atoms with Crippen LogP contribution in [0.4, 0.5) is 4.79 Å². The Labute approximate surface area is 297 Å². The van der Waals surface area contributed by atoms with Crippen LogP contribution in [0.2, 0.25) is 0 Å². The van der Waals surface area contributed by atoms with Crippen LogP contribution in [0, 0.1) is 0 Å². The van der Waals surface area contributed by atoms with E-state index in [0.29, 0.717) is 58.3 Å². The fourth-order valence-corrected chi connectivity index (χ4v) is 5.87. The molecule has 3 aliphatic heterocycles. The Balaban J connectivity index is 1.39. The van der Waals surface area contributed by atoms with Crippen LogP contribution in [0.15, 0.2) is 0 Å². The summed E-state index contributed by atoms with van der Waals surface area (Å²) in [5.74, 6) is -2.63. The summed E-state index contributed by atoms with van der Waals surface area (Å²) in [7, 11) is 1.26. The minimum atomic E-state index is -0.972. The van der Waals surface area contributed by atoms with Gasteiger partial charge in [-0.3, -0.25) is 28.8 Å². The van der Waals surface area contributed by atoms with E-state index in [1.165, 1.54) is 7.11 Å². The highest BCUT2D eigenvalue weighted by atomic mass is 16.6. The summed E-state index contributed by atoms with van der Waals surface area (Å²) < 4.78 is 26.7.